The van der Waals surface area contributed by atoms with Gasteiger partial charge in [0.15, 0.2) is 0 Å². The molecule has 1 aliphatic heterocycles. The Labute approximate surface area is 148 Å². The summed E-state index contributed by atoms with van der Waals surface area (Å²) in [6.45, 7) is 8.35. The first-order chi connectivity index (χ1) is 11.6. The molecule has 0 atom stereocenters. The average molecular weight is 343 g/mol. The van der Waals surface area contributed by atoms with Gasteiger partial charge in [0.25, 0.3) is 0 Å². The molecular weight excluding hydrogens is 318 g/mol. The Kier molecular flexibility index (Phi) is 4.99. The van der Waals surface area contributed by atoms with Crippen molar-refractivity contribution >= 4 is 23.5 Å². The van der Waals surface area contributed by atoms with Crippen LogP contribution in [0.4, 0.5) is 5.82 Å². The Balaban J connectivity index is 2.05. The van der Waals surface area contributed by atoms with Gasteiger partial charge in [0.05, 0.1) is 11.4 Å². The molecule has 1 amide bonds. The van der Waals surface area contributed by atoms with Gasteiger partial charge in [-0.25, -0.2) is 4.68 Å². The molecule has 0 radical (unpaired) electrons. The minimum absolute atomic E-state index is 0.0525. The number of carbonyl (C=O) groups excluding carboxylic acids is 1. The Morgan fingerprint density at radius 3 is 2.75 bits per heavy atom. The van der Waals surface area contributed by atoms with Gasteiger partial charge in [0, 0.05) is 23.0 Å². The second-order valence-electron chi connectivity index (χ2n) is 6.40. The first-order valence-corrected chi connectivity index (χ1v) is 9.78. The third-order valence-electron chi connectivity index (χ3n) is 4.95. The molecule has 1 aromatic heterocycles. The van der Waals surface area contributed by atoms with Crippen LogP contribution in [0.1, 0.15) is 49.1 Å². The minimum atomic E-state index is 0.0525. The van der Waals surface area contributed by atoms with Gasteiger partial charge in [0.1, 0.15) is 5.82 Å². The maximum atomic E-state index is 12.6. The number of thioether (sulfide) groups is 1. The number of aromatic nitrogens is 2. The smallest absolute Gasteiger partial charge is 0.228 e. The normalized spacial score (nSPS) is 13.4. The average Bonchev–Trinajstić information content (AvgIpc) is 3.14. The van der Waals surface area contributed by atoms with Gasteiger partial charge in [-0.1, -0.05) is 26.0 Å². The number of benzene rings is 1. The van der Waals surface area contributed by atoms with Crippen molar-refractivity contribution in [3.8, 4) is 5.69 Å². The number of amides is 1. The number of anilines is 1. The van der Waals surface area contributed by atoms with Crippen molar-refractivity contribution in [2.24, 2.45) is 5.92 Å². The molecule has 3 rings (SSSR count). The van der Waals surface area contributed by atoms with E-state index in [0.717, 1.165) is 41.5 Å². The fraction of sp³-hybridized carbons (Fsp3) is 0.474. The number of nitrogens with one attached hydrogen (secondary N) is 1. The summed E-state index contributed by atoms with van der Waals surface area (Å²) in [4.78, 5) is 12.6. The lowest BCUT2D eigenvalue weighted by molar-refractivity contribution is -0.120. The van der Waals surface area contributed by atoms with Gasteiger partial charge in [-0.15, -0.1) is 0 Å². The fourth-order valence-electron chi connectivity index (χ4n) is 3.16. The summed E-state index contributed by atoms with van der Waals surface area (Å²) in [6.07, 6.45) is 1.72. The van der Waals surface area contributed by atoms with Crippen LogP contribution in [-0.2, 0) is 16.3 Å². The summed E-state index contributed by atoms with van der Waals surface area (Å²) >= 11 is 1.85. The largest absolute Gasteiger partial charge is 0.310 e. The lowest BCUT2D eigenvalue weighted by Gasteiger charge is -2.17. The van der Waals surface area contributed by atoms with Gasteiger partial charge >= 0.3 is 0 Å². The zero-order chi connectivity index (χ0) is 17.3. The molecule has 0 bridgehead atoms. The highest BCUT2D eigenvalue weighted by atomic mass is 32.2. The lowest BCUT2D eigenvalue weighted by atomic mass is 10.0. The van der Waals surface area contributed by atoms with E-state index in [-0.39, 0.29) is 11.8 Å². The van der Waals surface area contributed by atoms with E-state index in [2.05, 4.69) is 45.1 Å². The molecule has 2 aromatic rings. The molecule has 0 aliphatic carbocycles. The highest BCUT2D eigenvalue weighted by Crippen LogP contribution is 2.37. The summed E-state index contributed by atoms with van der Waals surface area (Å²) in [5, 5.41) is 7.99. The van der Waals surface area contributed by atoms with Crippen molar-refractivity contribution in [3.05, 3.63) is 40.6 Å². The fourth-order valence-corrected chi connectivity index (χ4v) is 4.19. The van der Waals surface area contributed by atoms with E-state index in [4.69, 9.17) is 5.10 Å². The molecule has 5 heteroatoms. The van der Waals surface area contributed by atoms with Gasteiger partial charge in [0.2, 0.25) is 5.91 Å². The number of hydrogen-bond acceptors (Lipinski definition) is 3. The van der Waals surface area contributed by atoms with Crippen molar-refractivity contribution < 1.29 is 4.79 Å². The van der Waals surface area contributed by atoms with Gasteiger partial charge < -0.3 is 5.32 Å². The standard InChI is InChI=1S/C19H25N3OS/c1-5-14(6-2)19(23)20-18-15-10-24-11-16(15)21-22(18)17-9-7-8-12(3)13(17)4/h7-9,14H,5-6,10-11H2,1-4H3,(H,20,23). The molecule has 0 fully saturated rings. The number of nitrogens with zero attached hydrogens (tertiary/aromatic N) is 2. The summed E-state index contributed by atoms with van der Waals surface area (Å²) in [5.74, 6) is 2.85. The predicted molar refractivity (Wildman–Crippen MR) is 101 cm³/mol. The Morgan fingerprint density at radius 1 is 1.29 bits per heavy atom. The molecule has 24 heavy (non-hydrogen) atoms. The molecule has 2 heterocycles. The summed E-state index contributed by atoms with van der Waals surface area (Å²) in [5.41, 5.74) is 5.76. The van der Waals surface area contributed by atoms with Crippen molar-refractivity contribution in [2.45, 2.75) is 52.0 Å². The molecule has 1 aliphatic rings. The molecule has 128 valence electrons. The number of hydrogen-bond donors (Lipinski definition) is 1. The first-order valence-electron chi connectivity index (χ1n) is 8.62. The van der Waals surface area contributed by atoms with Crippen LogP contribution in [0.15, 0.2) is 18.2 Å². The molecule has 0 saturated carbocycles. The molecule has 0 saturated heterocycles. The minimum Gasteiger partial charge on any atom is -0.310 e. The topological polar surface area (TPSA) is 46.9 Å². The van der Waals surface area contributed by atoms with E-state index >= 15 is 0 Å². The number of aryl methyl sites for hydroxylation is 1. The van der Waals surface area contributed by atoms with Crippen LogP contribution in [0.3, 0.4) is 0 Å². The van der Waals surface area contributed by atoms with Gasteiger partial charge in [-0.2, -0.15) is 16.9 Å². The Morgan fingerprint density at radius 2 is 2.04 bits per heavy atom. The summed E-state index contributed by atoms with van der Waals surface area (Å²) < 4.78 is 1.94. The maximum Gasteiger partial charge on any atom is 0.228 e. The van der Waals surface area contributed by atoms with Crippen molar-refractivity contribution in [2.75, 3.05) is 5.32 Å². The highest BCUT2D eigenvalue weighted by molar-refractivity contribution is 7.98. The zero-order valence-corrected chi connectivity index (χ0v) is 15.7. The third-order valence-corrected chi connectivity index (χ3v) is 5.92. The van der Waals surface area contributed by atoms with Crippen molar-refractivity contribution in [1.82, 2.24) is 9.78 Å². The molecule has 1 N–H and O–H groups in total. The van der Waals surface area contributed by atoms with Crippen LogP contribution in [0, 0.1) is 19.8 Å². The van der Waals surface area contributed by atoms with Gasteiger partial charge in [-0.05, 0) is 43.9 Å². The van der Waals surface area contributed by atoms with Crippen molar-refractivity contribution in [3.63, 3.8) is 0 Å². The zero-order valence-electron chi connectivity index (χ0n) is 14.8. The number of carbonyl (C=O) groups is 1. The lowest BCUT2D eigenvalue weighted by Crippen LogP contribution is -2.24. The summed E-state index contributed by atoms with van der Waals surface area (Å²) in [6, 6.07) is 6.23. The van der Waals surface area contributed by atoms with E-state index in [0.29, 0.717) is 0 Å². The second kappa shape index (κ2) is 7.01. The maximum absolute atomic E-state index is 12.6. The second-order valence-corrected chi connectivity index (χ2v) is 7.39. The van der Waals surface area contributed by atoms with Crippen LogP contribution >= 0.6 is 11.8 Å². The van der Waals surface area contributed by atoms with Crippen LogP contribution in [0.2, 0.25) is 0 Å². The molecule has 1 aromatic carbocycles. The summed E-state index contributed by atoms with van der Waals surface area (Å²) in [7, 11) is 0. The van der Waals surface area contributed by atoms with Crippen molar-refractivity contribution in [1.29, 1.82) is 0 Å². The molecular formula is C19H25N3OS. The van der Waals surface area contributed by atoms with Crippen LogP contribution < -0.4 is 5.32 Å². The van der Waals surface area contributed by atoms with E-state index < -0.39 is 0 Å². The van der Waals surface area contributed by atoms with E-state index in [1.807, 2.05) is 22.5 Å². The third kappa shape index (κ3) is 2.97. The monoisotopic (exact) mass is 343 g/mol. The molecule has 4 nitrogen and oxygen atoms in total. The Hall–Kier alpha value is -1.75. The molecule has 0 spiro atoms. The van der Waals surface area contributed by atoms with E-state index in [9.17, 15) is 4.79 Å². The van der Waals surface area contributed by atoms with E-state index in [1.165, 1.54) is 16.7 Å². The number of rotatable bonds is 5. The Bertz CT molecular complexity index is 762. The quantitative estimate of drug-likeness (QED) is 0.862. The van der Waals surface area contributed by atoms with Crippen LogP contribution in [-0.4, -0.2) is 15.7 Å². The van der Waals surface area contributed by atoms with E-state index in [1.54, 1.807) is 0 Å². The number of fused-ring (bicyclic) bond motifs is 1. The molecule has 0 unspecified atom stereocenters. The highest BCUT2D eigenvalue weighted by Gasteiger charge is 2.26. The van der Waals surface area contributed by atoms with Gasteiger partial charge in [-0.3, -0.25) is 4.79 Å². The first kappa shape index (κ1) is 17.1. The van der Waals surface area contributed by atoms with Crippen LogP contribution in [0.25, 0.3) is 5.69 Å². The SMILES string of the molecule is CCC(CC)C(=O)Nc1c2c(nn1-c1cccc(C)c1C)CSC2. The predicted octanol–water partition coefficient (Wildman–Crippen LogP) is 4.61. The van der Waals surface area contributed by atoms with Crippen LogP contribution in [0.5, 0.6) is 0 Å².